The maximum absolute atomic E-state index is 5.69. The van der Waals surface area contributed by atoms with E-state index in [1.165, 1.54) is 11.8 Å². The molecule has 0 unspecified atom stereocenters. The molecule has 2 aromatic heterocycles. The van der Waals surface area contributed by atoms with Crippen LogP contribution >= 0.6 is 11.8 Å². The Morgan fingerprint density at radius 1 is 1.44 bits per heavy atom. The van der Waals surface area contributed by atoms with Gasteiger partial charge in [-0.05, 0) is 6.26 Å². The molecule has 0 aliphatic rings. The molecule has 2 aromatic rings. The van der Waals surface area contributed by atoms with Crippen LogP contribution < -0.4 is 11.1 Å². The SMILES string of the molecule is CSc1nc(N)cc(NCCc2ncn(C)n2)n1. The lowest BCUT2D eigenvalue weighted by Gasteiger charge is -2.06. The van der Waals surface area contributed by atoms with Crippen molar-refractivity contribution >= 4 is 23.4 Å². The molecule has 18 heavy (non-hydrogen) atoms. The fourth-order valence-electron chi connectivity index (χ4n) is 1.43. The van der Waals surface area contributed by atoms with E-state index in [0.717, 1.165) is 18.1 Å². The minimum Gasteiger partial charge on any atom is -0.383 e. The molecular formula is C10H15N7S. The lowest BCUT2D eigenvalue weighted by Crippen LogP contribution is -2.09. The summed E-state index contributed by atoms with van der Waals surface area (Å²) in [5.41, 5.74) is 5.69. The summed E-state index contributed by atoms with van der Waals surface area (Å²) in [7, 11) is 1.85. The molecule has 0 spiro atoms. The first kappa shape index (κ1) is 12.6. The van der Waals surface area contributed by atoms with Crippen molar-refractivity contribution in [2.75, 3.05) is 23.9 Å². The molecule has 0 amide bonds. The van der Waals surface area contributed by atoms with Gasteiger partial charge in [0.1, 0.15) is 18.0 Å². The van der Waals surface area contributed by atoms with Gasteiger partial charge in [-0.25, -0.2) is 15.0 Å². The number of aryl methyl sites for hydroxylation is 1. The van der Waals surface area contributed by atoms with Crippen molar-refractivity contribution in [3.8, 4) is 0 Å². The number of rotatable bonds is 5. The summed E-state index contributed by atoms with van der Waals surface area (Å²) >= 11 is 1.46. The third-order valence-corrected chi connectivity index (χ3v) is 2.76. The molecule has 96 valence electrons. The van der Waals surface area contributed by atoms with Crippen LogP contribution in [0.25, 0.3) is 0 Å². The summed E-state index contributed by atoms with van der Waals surface area (Å²) in [5, 5.41) is 8.04. The van der Waals surface area contributed by atoms with Crippen molar-refractivity contribution in [2.45, 2.75) is 11.6 Å². The van der Waals surface area contributed by atoms with E-state index >= 15 is 0 Å². The molecule has 0 bridgehead atoms. The van der Waals surface area contributed by atoms with Crippen molar-refractivity contribution in [3.63, 3.8) is 0 Å². The Morgan fingerprint density at radius 3 is 2.94 bits per heavy atom. The third-order valence-electron chi connectivity index (χ3n) is 2.21. The minimum absolute atomic E-state index is 0.466. The first-order valence-corrected chi connectivity index (χ1v) is 6.67. The Hall–Kier alpha value is -1.83. The van der Waals surface area contributed by atoms with Gasteiger partial charge in [-0.15, -0.1) is 0 Å². The quantitative estimate of drug-likeness (QED) is 0.602. The molecule has 7 nitrogen and oxygen atoms in total. The van der Waals surface area contributed by atoms with Gasteiger partial charge in [-0.2, -0.15) is 5.10 Å². The van der Waals surface area contributed by atoms with Crippen LogP contribution in [0.3, 0.4) is 0 Å². The van der Waals surface area contributed by atoms with Gasteiger partial charge in [0.15, 0.2) is 11.0 Å². The van der Waals surface area contributed by atoms with Gasteiger partial charge in [0.2, 0.25) is 0 Å². The highest BCUT2D eigenvalue weighted by Gasteiger charge is 2.02. The Labute approximate surface area is 109 Å². The van der Waals surface area contributed by atoms with Gasteiger partial charge < -0.3 is 11.1 Å². The number of nitrogens with zero attached hydrogens (tertiary/aromatic N) is 5. The summed E-state index contributed by atoms with van der Waals surface area (Å²) in [5.74, 6) is 1.99. The molecular weight excluding hydrogens is 250 g/mol. The molecule has 0 atom stereocenters. The molecule has 0 saturated carbocycles. The summed E-state index contributed by atoms with van der Waals surface area (Å²) < 4.78 is 1.68. The van der Waals surface area contributed by atoms with Crippen LogP contribution in [0.5, 0.6) is 0 Å². The second-order valence-electron chi connectivity index (χ2n) is 3.68. The van der Waals surface area contributed by atoms with Crippen LogP contribution in [0.4, 0.5) is 11.6 Å². The molecule has 8 heteroatoms. The van der Waals surface area contributed by atoms with E-state index in [2.05, 4.69) is 25.4 Å². The predicted molar refractivity (Wildman–Crippen MR) is 71.4 cm³/mol. The van der Waals surface area contributed by atoms with Crippen molar-refractivity contribution in [1.29, 1.82) is 0 Å². The average Bonchev–Trinajstić information content (AvgIpc) is 2.74. The van der Waals surface area contributed by atoms with Crippen LogP contribution in [-0.4, -0.2) is 37.5 Å². The molecule has 0 aliphatic heterocycles. The normalized spacial score (nSPS) is 10.6. The summed E-state index contributed by atoms with van der Waals surface area (Å²) in [4.78, 5) is 12.5. The highest BCUT2D eigenvalue weighted by atomic mass is 32.2. The smallest absolute Gasteiger partial charge is 0.191 e. The summed E-state index contributed by atoms with van der Waals surface area (Å²) in [6.07, 6.45) is 4.33. The number of thioether (sulfide) groups is 1. The zero-order chi connectivity index (χ0) is 13.0. The van der Waals surface area contributed by atoms with Gasteiger partial charge in [0, 0.05) is 26.1 Å². The molecule has 0 aromatic carbocycles. The van der Waals surface area contributed by atoms with Gasteiger partial charge in [-0.3, -0.25) is 4.68 Å². The Kier molecular flexibility index (Phi) is 3.98. The van der Waals surface area contributed by atoms with Crippen molar-refractivity contribution in [2.24, 2.45) is 7.05 Å². The average molecular weight is 265 g/mol. The number of nitrogens with two attached hydrogens (primary N) is 1. The lowest BCUT2D eigenvalue weighted by molar-refractivity contribution is 0.741. The van der Waals surface area contributed by atoms with E-state index < -0.39 is 0 Å². The van der Waals surface area contributed by atoms with Crippen LogP contribution in [0.2, 0.25) is 0 Å². The monoisotopic (exact) mass is 265 g/mol. The number of nitrogens with one attached hydrogen (secondary N) is 1. The Bertz CT molecular complexity index is 525. The lowest BCUT2D eigenvalue weighted by atomic mass is 10.4. The molecule has 2 rings (SSSR count). The number of anilines is 2. The molecule has 0 fully saturated rings. The topological polar surface area (TPSA) is 94.5 Å². The fourth-order valence-corrected chi connectivity index (χ4v) is 1.81. The molecule has 2 heterocycles. The van der Waals surface area contributed by atoms with Gasteiger partial charge in [0.05, 0.1) is 0 Å². The maximum atomic E-state index is 5.69. The van der Waals surface area contributed by atoms with Crippen LogP contribution in [-0.2, 0) is 13.5 Å². The predicted octanol–water partition coefficient (Wildman–Crippen LogP) is 0.564. The van der Waals surface area contributed by atoms with E-state index in [1.54, 1.807) is 17.1 Å². The van der Waals surface area contributed by atoms with Crippen LogP contribution in [0.15, 0.2) is 17.6 Å². The summed E-state index contributed by atoms with van der Waals surface area (Å²) in [6.45, 7) is 0.703. The van der Waals surface area contributed by atoms with Crippen LogP contribution in [0.1, 0.15) is 5.82 Å². The Morgan fingerprint density at radius 2 is 2.28 bits per heavy atom. The second kappa shape index (κ2) is 5.67. The molecule has 0 aliphatic carbocycles. The number of aromatic nitrogens is 5. The first-order chi connectivity index (χ1) is 8.67. The zero-order valence-electron chi connectivity index (χ0n) is 10.3. The standard InChI is InChI=1S/C10H15N7S/c1-17-6-13-8(16-17)3-4-12-9-5-7(11)14-10(15-9)18-2/h5-6H,3-4H2,1-2H3,(H3,11,12,14,15). The van der Waals surface area contributed by atoms with Gasteiger partial charge in [-0.1, -0.05) is 11.8 Å². The maximum Gasteiger partial charge on any atom is 0.191 e. The van der Waals surface area contributed by atoms with Gasteiger partial charge >= 0.3 is 0 Å². The number of nitrogen functional groups attached to an aromatic ring is 1. The molecule has 0 radical (unpaired) electrons. The minimum atomic E-state index is 0.466. The van der Waals surface area contributed by atoms with Gasteiger partial charge in [0.25, 0.3) is 0 Å². The number of hydrogen-bond donors (Lipinski definition) is 2. The zero-order valence-corrected chi connectivity index (χ0v) is 11.1. The second-order valence-corrected chi connectivity index (χ2v) is 4.45. The first-order valence-electron chi connectivity index (χ1n) is 5.44. The van der Waals surface area contributed by atoms with E-state index in [9.17, 15) is 0 Å². The van der Waals surface area contributed by atoms with E-state index in [4.69, 9.17) is 5.73 Å². The Balaban J connectivity index is 1.91. The van der Waals surface area contributed by atoms with E-state index in [-0.39, 0.29) is 0 Å². The third kappa shape index (κ3) is 3.33. The molecule has 0 saturated heterocycles. The highest BCUT2D eigenvalue weighted by Crippen LogP contribution is 2.14. The summed E-state index contributed by atoms with van der Waals surface area (Å²) in [6, 6.07) is 1.71. The van der Waals surface area contributed by atoms with Crippen LogP contribution in [0, 0.1) is 0 Å². The van der Waals surface area contributed by atoms with Crippen molar-refractivity contribution in [1.82, 2.24) is 24.7 Å². The van der Waals surface area contributed by atoms with E-state index in [0.29, 0.717) is 17.5 Å². The fraction of sp³-hybridized carbons (Fsp3) is 0.400. The highest BCUT2D eigenvalue weighted by molar-refractivity contribution is 7.98. The van der Waals surface area contributed by atoms with Crippen molar-refractivity contribution < 1.29 is 0 Å². The van der Waals surface area contributed by atoms with E-state index in [1.807, 2.05) is 13.3 Å². The number of hydrogen-bond acceptors (Lipinski definition) is 7. The largest absolute Gasteiger partial charge is 0.383 e. The molecule has 3 N–H and O–H groups in total. The van der Waals surface area contributed by atoms with Crippen molar-refractivity contribution in [3.05, 3.63) is 18.2 Å².